The van der Waals surface area contributed by atoms with Crippen LogP contribution >= 0.6 is 0 Å². The van der Waals surface area contributed by atoms with Crippen LogP contribution in [0.4, 0.5) is 4.39 Å². The van der Waals surface area contributed by atoms with Crippen LogP contribution in [0.5, 0.6) is 0 Å². The van der Waals surface area contributed by atoms with Crippen molar-refractivity contribution in [3.63, 3.8) is 0 Å². The van der Waals surface area contributed by atoms with Gasteiger partial charge in [-0.1, -0.05) is 19.1 Å². The Morgan fingerprint density at radius 3 is 2.38 bits per heavy atom. The van der Waals surface area contributed by atoms with E-state index in [-0.39, 0.29) is 29.5 Å². The van der Waals surface area contributed by atoms with Gasteiger partial charge in [-0.3, -0.25) is 9.69 Å². The number of benzene rings is 1. The molecule has 1 aliphatic rings. The molecular formula is C16H22FNO3. The number of Topliss-reactive ketones (excluding diaryl/α,β-unsaturated/α-hetero) is 1. The summed E-state index contributed by atoms with van der Waals surface area (Å²) in [5.74, 6) is -0.891. The quantitative estimate of drug-likeness (QED) is 0.752. The third kappa shape index (κ3) is 3.67. The van der Waals surface area contributed by atoms with Gasteiger partial charge in [0.2, 0.25) is 0 Å². The van der Waals surface area contributed by atoms with Crippen molar-refractivity contribution in [1.82, 2.24) is 4.90 Å². The molecule has 0 aromatic heterocycles. The van der Waals surface area contributed by atoms with E-state index >= 15 is 0 Å². The molecule has 1 aromatic carbocycles. The minimum absolute atomic E-state index is 0.0192. The maximum absolute atomic E-state index is 13.7. The Balaban J connectivity index is 1.97. The average Bonchev–Trinajstić information content (AvgIpc) is 2.89. The van der Waals surface area contributed by atoms with Crippen LogP contribution in [0.3, 0.4) is 0 Å². The maximum Gasteiger partial charge on any atom is 0.169 e. The van der Waals surface area contributed by atoms with E-state index in [1.807, 2.05) is 6.92 Å². The zero-order valence-corrected chi connectivity index (χ0v) is 12.7. The van der Waals surface area contributed by atoms with Crippen LogP contribution in [0, 0.1) is 11.7 Å². The van der Waals surface area contributed by atoms with Crippen molar-refractivity contribution in [3.8, 4) is 0 Å². The Kier molecular flexibility index (Phi) is 5.45. The van der Waals surface area contributed by atoms with Crippen molar-refractivity contribution in [2.75, 3.05) is 33.9 Å². The SMILES string of the molecule is COC1CN(CC(C)C(=O)c2ccccc2F)CC1OC. The molecule has 21 heavy (non-hydrogen) atoms. The fourth-order valence-electron chi connectivity index (χ4n) is 2.82. The van der Waals surface area contributed by atoms with Gasteiger partial charge in [0.25, 0.3) is 0 Å². The first-order valence-electron chi connectivity index (χ1n) is 7.13. The van der Waals surface area contributed by atoms with Crippen molar-refractivity contribution in [2.24, 2.45) is 5.92 Å². The molecule has 1 fully saturated rings. The molecule has 1 aliphatic heterocycles. The average molecular weight is 295 g/mol. The molecule has 3 unspecified atom stereocenters. The van der Waals surface area contributed by atoms with Crippen molar-refractivity contribution in [2.45, 2.75) is 19.1 Å². The van der Waals surface area contributed by atoms with Crippen LogP contribution in [0.1, 0.15) is 17.3 Å². The van der Waals surface area contributed by atoms with Gasteiger partial charge in [0, 0.05) is 39.8 Å². The number of carbonyl (C=O) groups is 1. The highest BCUT2D eigenvalue weighted by Crippen LogP contribution is 2.19. The second-order valence-electron chi connectivity index (χ2n) is 5.51. The van der Waals surface area contributed by atoms with Gasteiger partial charge in [-0.25, -0.2) is 4.39 Å². The zero-order chi connectivity index (χ0) is 15.4. The molecule has 1 aromatic rings. The summed E-state index contributed by atoms with van der Waals surface area (Å²) in [7, 11) is 3.32. The van der Waals surface area contributed by atoms with Gasteiger partial charge in [-0.2, -0.15) is 0 Å². The number of methoxy groups -OCH3 is 2. The third-order valence-electron chi connectivity index (χ3n) is 4.02. The summed E-state index contributed by atoms with van der Waals surface area (Å²) in [6.07, 6.45) is 0.0385. The van der Waals surface area contributed by atoms with Crippen molar-refractivity contribution in [3.05, 3.63) is 35.6 Å². The first-order chi connectivity index (χ1) is 10.1. The number of halogens is 1. The minimum Gasteiger partial charge on any atom is -0.377 e. The molecule has 1 saturated heterocycles. The Hall–Kier alpha value is -1.30. The Morgan fingerprint density at radius 1 is 1.29 bits per heavy atom. The molecule has 0 aliphatic carbocycles. The van der Waals surface area contributed by atoms with Gasteiger partial charge in [0.15, 0.2) is 5.78 Å². The molecule has 2 rings (SSSR count). The summed E-state index contributed by atoms with van der Waals surface area (Å²) in [4.78, 5) is 14.5. The highest BCUT2D eigenvalue weighted by molar-refractivity contribution is 5.98. The number of rotatable bonds is 6. The van der Waals surface area contributed by atoms with E-state index in [0.29, 0.717) is 6.54 Å². The highest BCUT2D eigenvalue weighted by atomic mass is 19.1. The van der Waals surface area contributed by atoms with E-state index in [9.17, 15) is 9.18 Å². The van der Waals surface area contributed by atoms with Gasteiger partial charge in [0.1, 0.15) is 5.82 Å². The van der Waals surface area contributed by atoms with Crippen LogP contribution in [-0.4, -0.2) is 56.7 Å². The lowest BCUT2D eigenvalue weighted by molar-refractivity contribution is -0.00461. The molecule has 116 valence electrons. The lowest BCUT2D eigenvalue weighted by Crippen LogP contribution is -2.31. The van der Waals surface area contributed by atoms with Crippen molar-refractivity contribution in [1.29, 1.82) is 0 Å². The van der Waals surface area contributed by atoms with Gasteiger partial charge in [-0.05, 0) is 12.1 Å². The lowest BCUT2D eigenvalue weighted by atomic mass is 9.98. The third-order valence-corrected chi connectivity index (χ3v) is 4.02. The number of hydrogen-bond acceptors (Lipinski definition) is 4. The lowest BCUT2D eigenvalue weighted by Gasteiger charge is -2.19. The summed E-state index contributed by atoms with van der Waals surface area (Å²) >= 11 is 0. The van der Waals surface area contributed by atoms with E-state index in [1.54, 1.807) is 26.4 Å². The Bertz CT molecular complexity index is 482. The number of hydrogen-bond donors (Lipinski definition) is 0. The number of likely N-dealkylation sites (tertiary alicyclic amines) is 1. The van der Waals surface area contributed by atoms with Crippen LogP contribution in [0.15, 0.2) is 24.3 Å². The summed E-state index contributed by atoms with van der Waals surface area (Å²) in [5.41, 5.74) is 0.163. The molecule has 0 spiro atoms. The summed E-state index contributed by atoms with van der Waals surface area (Å²) in [5, 5.41) is 0. The predicted octanol–water partition coefficient (Wildman–Crippen LogP) is 1.99. The van der Waals surface area contributed by atoms with Crippen LogP contribution in [0.25, 0.3) is 0 Å². The summed E-state index contributed by atoms with van der Waals surface area (Å²) in [6.45, 7) is 3.86. The number of nitrogens with zero attached hydrogens (tertiary/aromatic N) is 1. The van der Waals surface area contributed by atoms with E-state index in [4.69, 9.17) is 9.47 Å². The van der Waals surface area contributed by atoms with Gasteiger partial charge >= 0.3 is 0 Å². The molecule has 0 N–H and O–H groups in total. The molecule has 0 radical (unpaired) electrons. The van der Waals surface area contributed by atoms with E-state index in [2.05, 4.69) is 4.90 Å². The monoisotopic (exact) mass is 295 g/mol. The Morgan fingerprint density at radius 2 is 1.86 bits per heavy atom. The van der Waals surface area contributed by atoms with Crippen LogP contribution < -0.4 is 0 Å². The van der Waals surface area contributed by atoms with Gasteiger partial charge in [0.05, 0.1) is 17.8 Å². The van der Waals surface area contributed by atoms with E-state index < -0.39 is 5.82 Å². The van der Waals surface area contributed by atoms with Crippen LogP contribution in [-0.2, 0) is 9.47 Å². The van der Waals surface area contributed by atoms with Crippen molar-refractivity contribution < 1.29 is 18.7 Å². The first-order valence-corrected chi connectivity index (χ1v) is 7.13. The molecule has 0 amide bonds. The number of ketones is 1. The van der Waals surface area contributed by atoms with Gasteiger partial charge in [-0.15, -0.1) is 0 Å². The minimum atomic E-state index is -0.458. The molecular weight excluding hydrogens is 273 g/mol. The molecule has 4 nitrogen and oxygen atoms in total. The van der Waals surface area contributed by atoms with E-state index in [0.717, 1.165) is 13.1 Å². The van der Waals surface area contributed by atoms with E-state index in [1.165, 1.54) is 12.1 Å². The number of carbonyl (C=O) groups excluding carboxylic acids is 1. The zero-order valence-electron chi connectivity index (χ0n) is 12.7. The van der Waals surface area contributed by atoms with Gasteiger partial charge < -0.3 is 9.47 Å². The Labute approximate surface area is 124 Å². The molecule has 5 heteroatoms. The topological polar surface area (TPSA) is 38.8 Å². The fraction of sp³-hybridized carbons (Fsp3) is 0.562. The normalized spacial score (nSPS) is 24.2. The van der Waals surface area contributed by atoms with Crippen molar-refractivity contribution >= 4 is 5.78 Å². The fourth-order valence-corrected chi connectivity index (χ4v) is 2.82. The molecule has 1 heterocycles. The smallest absolute Gasteiger partial charge is 0.169 e. The standard InChI is InChI=1S/C16H22FNO3/c1-11(16(19)12-6-4-5-7-13(12)17)8-18-9-14(20-2)15(10-18)21-3/h4-7,11,14-15H,8-10H2,1-3H3. The summed E-state index contributed by atoms with van der Waals surface area (Å²) in [6, 6.07) is 6.12. The molecule has 3 atom stereocenters. The number of ether oxygens (including phenoxy) is 2. The molecule has 0 bridgehead atoms. The highest BCUT2D eigenvalue weighted by Gasteiger charge is 2.34. The first kappa shape index (κ1) is 16.1. The second kappa shape index (κ2) is 7.11. The largest absolute Gasteiger partial charge is 0.377 e. The van der Waals surface area contributed by atoms with Crippen LogP contribution in [0.2, 0.25) is 0 Å². The molecule has 0 saturated carbocycles. The maximum atomic E-state index is 13.7. The second-order valence-corrected chi connectivity index (χ2v) is 5.51. The predicted molar refractivity (Wildman–Crippen MR) is 77.9 cm³/mol. The summed E-state index contributed by atoms with van der Waals surface area (Å²) < 4.78 is 24.4.